The van der Waals surface area contributed by atoms with Crippen molar-refractivity contribution in [1.82, 2.24) is 0 Å². The summed E-state index contributed by atoms with van der Waals surface area (Å²) in [6.07, 6.45) is -1.31. The highest BCUT2D eigenvalue weighted by molar-refractivity contribution is 5.38. The lowest BCUT2D eigenvalue weighted by Crippen LogP contribution is -2.26. The van der Waals surface area contributed by atoms with Gasteiger partial charge in [-0.2, -0.15) is 13.2 Å². The van der Waals surface area contributed by atoms with Gasteiger partial charge in [0.15, 0.2) is 0 Å². The lowest BCUT2D eigenvalue weighted by atomic mass is 10.1. The van der Waals surface area contributed by atoms with Crippen LogP contribution < -0.4 is 10.5 Å². The Labute approximate surface area is 115 Å². The van der Waals surface area contributed by atoms with E-state index >= 15 is 0 Å². The van der Waals surface area contributed by atoms with Crippen LogP contribution in [0.5, 0.6) is 5.75 Å². The molecule has 1 unspecified atom stereocenters. The summed E-state index contributed by atoms with van der Waals surface area (Å²) in [5, 5.41) is 0. The first-order valence-electron chi connectivity index (χ1n) is 6.65. The first-order chi connectivity index (χ1) is 9.50. The van der Waals surface area contributed by atoms with E-state index in [1.54, 1.807) is 0 Å². The van der Waals surface area contributed by atoms with Gasteiger partial charge in [0.25, 0.3) is 0 Å². The molecule has 1 aromatic rings. The van der Waals surface area contributed by atoms with E-state index in [1.807, 2.05) is 0 Å². The largest absolute Gasteiger partial charge is 0.491 e. The van der Waals surface area contributed by atoms with Crippen LogP contribution in [0.25, 0.3) is 0 Å². The van der Waals surface area contributed by atoms with Crippen LogP contribution in [0.15, 0.2) is 18.2 Å². The van der Waals surface area contributed by atoms with E-state index in [0.717, 1.165) is 31.4 Å². The lowest BCUT2D eigenvalue weighted by Gasteiger charge is -2.23. The zero-order valence-corrected chi connectivity index (χ0v) is 11.1. The second-order valence-electron chi connectivity index (χ2n) is 4.82. The molecule has 1 aliphatic rings. The molecule has 1 fully saturated rings. The third kappa shape index (κ3) is 3.86. The van der Waals surface area contributed by atoms with Gasteiger partial charge < -0.3 is 15.2 Å². The topological polar surface area (TPSA) is 44.5 Å². The third-order valence-corrected chi connectivity index (χ3v) is 3.31. The van der Waals surface area contributed by atoms with Crippen molar-refractivity contribution in [3.8, 4) is 5.75 Å². The summed E-state index contributed by atoms with van der Waals surface area (Å²) in [7, 11) is 0. The van der Waals surface area contributed by atoms with Gasteiger partial charge in [0.2, 0.25) is 0 Å². The fraction of sp³-hybridized carbons (Fsp3) is 0.571. The second-order valence-corrected chi connectivity index (χ2v) is 4.82. The maximum absolute atomic E-state index is 12.6. The standard InChI is InChI=1S/C14H18F3NO2/c15-14(16,17)11-4-5-13(10(7-11)8-18)20-9-12-3-1-2-6-19-12/h4-5,7,12H,1-3,6,8-9,18H2. The highest BCUT2D eigenvalue weighted by Crippen LogP contribution is 2.32. The molecule has 3 nitrogen and oxygen atoms in total. The van der Waals surface area contributed by atoms with Crippen LogP contribution in [-0.2, 0) is 17.5 Å². The Balaban J connectivity index is 2.03. The monoisotopic (exact) mass is 289 g/mol. The molecule has 1 heterocycles. The van der Waals surface area contributed by atoms with E-state index in [4.69, 9.17) is 15.2 Å². The van der Waals surface area contributed by atoms with Crippen molar-refractivity contribution < 1.29 is 22.6 Å². The van der Waals surface area contributed by atoms with Crippen molar-refractivity contribution in [3.05, 3.63) is 29.3 Å². The van der Waals surface area contributed by atoms with E-state index in [9.17, 15) is 13.2 Å². The van der Waals surface area contributed by atoms with Gasteiger partial charge in [-0.3, -0.25) is 0 Å². The smallest absolute Gasteiger partial charge is 0.416 e. The van der Waals surface area contributed by atoms with E-state index in [0.29, 0.717) is 24.5 Å². The van der Waals surface area contributed by atoms with Crippen LogP contribution in [0.1, 0.15) is 30.4 Å². The Hall–Kier alpha value is -1.27. The summed E-state index contributed by atoms with van der Waals surface area (Å²) in [6.45, 7) is 1.06. The minimum absolute atomic E-state index is 0.00474. The first-order valence-corrected chi connectivity index (χ1v) is 6.65. The average molecular weight is 289 g/mol. The van der Waals surface area contributed by atoms with E-state index in [2.05, 4.69) is 0 Å². The normalized spacial score (nSPS) is 19.9. The predicted molar refractivity (Wildman–Crippen MR) is 68.4 cm³/mol. The van der Waals surface area contributed by atoms with Gasteiger partial charge in [0, 0.05) is 18.7 Å². The Morgan fingerprint density at radius 3 is 2.70 bits per heavy atom. The molecular formula is C14H18F3NO2. The molecule has 1 saturated heterocycles. The molecule has 0 aliphatic carbocycles. The number of hydrogen-bond donors (Lipinski definition) is 1. The van der Waals surface area contributed by atoms with E-state index in [1.165, 1.54) is 6.07 Å². The highest BCUT2D eigenvalue weighted by Gasteiger charge is 2.31. The van der Waals surface area contributed by atoms with Crippen LogP contribution in [0.4, 0.5) is 13.2 Å². The van der Waals surface area contributed by atoms with Crippen molar-refractivity contribution >= 4 is 0 Å². The summed E-state index contributed by atoms with van der Waals surface area (Å²) in [6, 6.07) is 3.38. The highest BCUT2D eigenvalue weighted by atomic mass is 19.4. The summed E-state index contributed by atoms with van der Waals surface area (Å²) < 4.78 is 48.9. The lowest BCUT2D eigenvalue weighted by molar-refractivity contribution is -0.137. The van der Waals surface area contributed by atoms with Crippen molar-refractivity contribution in [3.63, 3.8) is 0 Å². The van der Waals surface area contributed by atoms with Crippen molar-refractivity contribution in [2.75, 3.05) is 13.2 Å². The van der Waals surface area contributed by atoms with Crippen LogP contribution in [0, 0.1) is 0 Å². The molecular weight excluding hydrogens is 271 g/mol. The van der Waals surface area contributed by atoms with Crippen LogP contribution in [0.2, 0.25) is 0 Å². The van der Waals surface area contributed by atoms with Crippen LogP contribution >= 0.6 is 0 Å². The van der Waals surface area contributed by atoms with Crippen molar-refractivity contribution in [2.24, 2.45) is 5.73 Å². The molecule has 6 heteroatoms. The maximum Gasteiger partial charge on any atom is 0.416 e. The third-order valence-electron chi connectivity index (χ3n) is 3.31. The minimum atomic E-state index is -4.37. The summed E-state index contributed by atoms with van der Waals surface area (Å²) in [4.78, 5) is 0. The fourth-order valence-electron chi connectivity index (χ4n) is 2.18. The summed E-state index contributed by atoms with van der Waals surface area (Å²) in [5.41, 5.74) is 5.14. The SMILES string of the molecule is NCc1cc(C(F)(F)F)ccc1OCC1CCCCO1. The zero-order chi connectivity index (χ0) is 14.6. The number of benzene rings is 1. The predicted octanol–water partition coefficient (Wildman–Crippen LogP) is 3.11. The molecule has 0 radical (unpaired) electrons. The summed E-state index contributed by atoms with van der Waals surface area (Å²) in [5.74, 6) is 0.398. The molecule has 0 spiro atoms. The van der Waals surface area contributed by atoms with Gasteiger partial charge >= 0.3 is 6.18 Å². The van der Waals surface area contributed by atoms with Crippen LogP contribution in [0.3, 0.4) is 0 Å². The van der Waals surface area contributed by atoms with Gasteiger partial charge in [0.05, 0.1) is 11.7 Å². The Morgan fingerprint density at radius 1 is 1.30 bits per heavy atom. The van der Waals surface area contributed by atoms with Gasteiger partial charge in [-0.1, -0.05) is 0 Å². The minimum Gasteiger partial charge on any atom is -0.491 e. The fourth-order valence-corrected chi connectivity index (χ4v) is 2.18. The number of rotatable bonds is 4. The van der Waals surface area contributed by atoms with Crippen molar-refractivity contribution in [1.29, 1.82) is 0 Å². The molecule has 0 amide bonds. The number of alkyl halides is 3. The molecule has 2 N–H and O–H groups in total. The van der Waals surface area contributed by atoms with Gasteiger partial charge in [0.1, 0.15) is 12.4 Å². The summed E-state index contributed by atoms with van der Waals surface area (Å²) >= 11 is 0. The molecule has 0 aromatic heterocycles. The average Bonchev–Trinajstić information content (AvgIpc) is 2.45. The quantitative estimate of drug-likeness (QED) is 0.926. The molecule has 20 heavy (non-hydrogen) atoms. The van der Waals surface area contributed by atoms with E-state index < -0.39 is 11.7 Å². The first kappa shape index (κ1) is 15.1. The molecule has 2 rings (SSSR count). The number of nitrogens with two attached hydrogens (primary N) is 1. The Bertz CT molecular complexity index is 443. The molecule has 1 aromatic carbocycles. The Morgan fingerprint density at radius 2 is 2.10 bits per heavy atom. The van der Waals surface area contributed by atoms with Crippen LogP contribution in [-0.4, -0.2) is 19.3 Å². The number of hydrogen-bond acceptors (Lipinski definition) is 3. The van der Waals surface area contributed by atoms with Crippen molar-refractivity contribution in [2.45, 2.75) is 38.1 Å². The molecule has 0 bridgehead atoms. The van der Waals surface area contributed by atoms with Gasteiger partial charge in [-0.15, -0.1) is 0 Å². The molecule has 1 atom stereocenters. The molecule has 1 aliphatic heterocycles. The second kappa shape index (κ2) is 6.45. The van der Waals surface area contributed by atoms with Gasteiger partial charge in [-0.05, 0) is 37.5 Å². The number of halogens is 3. The molecule has 112 valence electrons. The zero-order valence-electron chi connectivity index (χ0n) is 11.1. The van der Waals surface area contributed by atoms with Gasteiger partial charge in [-0.25, -0.2) is 0 Å². The maximum atomic E-state index is 12.6. The Kier molecular flexibility index (Phi) is 4.88. The number of ether oxygens (including phenoxy) is 2. The van der Waals surface area contributed by atoms with E-state index in [-0.39, 0.29) is 12.6 Å². The molecule has 0 saturated carbocycles.